The number of nitrogens with one attached hydrogen (secondary N) is 1. The molecule has 0 spiro atoms. The van der Waals surface area contributed by atoms with Gasteiger partial charge in [0.15, 0.2) is 0 Å². The van der Waals surface area contributed by atoms with E-state index in [0.717, 1.165) is 5.69 Å². The summed E-state index contributed by atoms with van der Waals surface area (Å²) in [7, 11) is 1.57. The Kier molecular flexibility index (Phi) is 3.72. The number of aliphatic hydroxyl groups excluding tert-OH is 1. The van der Waals surface area contributed by atoms with Crippen molar-refractivity contribution in [1.29, 1.82) is 0 Å². The first-order chi connectivity index (χ1) is 8.69. The summed E-state index contributed by atoms with van der Waals surface area (Å²) < 4.78 is 10.2. The van der Waals surface area contributed by atoms with Crippen LogP contribution in [0.4, 0.5) is 5.69 Å². The Balaban J connectivity index is 2.28. The Hall–Kier alpha value is -1.75. The molecule has 0 saturated heterocycles. The number of para-hydroxylation sites is 1. The van der Waals surface area contributed by atoms with Gasteiger partial charge in [0.2, 0.25) is 0 Å². The molecule has 0 bridgehead atoms. The molecule has 2 rings (SSSR count). The van der Waals surface area contributed by atoms with E-state index in [1.54, 1.807) is 26.2 Å². The minimum absolute atomic E-state index is 0.313. The zero-order valence-electron chi connectivity index (χ0n) is 10.5. The maximum Gasteiger partial charge on any atom is 0.313 e. The number of hydrogen-bond acceptors (Lipinski definition) is 5. The van der Waals surface area contributed by atoms with Gasteiger partial charge in [0.05, 0.1) is 25.5 Å². The summed E-state index contributed by atoms with van der Waals surface area (Å²) >= 11 is 0. The second-order valence-electron chi connectivity index (χ2n) is 4.11. The smallest absolute Gasteiger partial charge is 0.313 e. The molecule has 1 aliphatic rings. The van der Waals surface area contributed by atoms with E-state index in [2.05, 4.69) is 5.32 Å². The van der Waals surface area contributed by atoms with E-state index >= 15 is 0 Å². The van der Waals surface area contributed by atoms with Crippen molar-refractivity contribution in [3.05, 3.63) is 23.8 Å². The van der Waals surface area contributed by atoms with Gasteiger partial charge in [-0.25, -0.2) is 0 Å². The van der Waals surface area contributed by atoms with Crippen LogP contribution in [-0.2, 0) is 9.53 Å². The number of aliphatic hydroxyl groups is 1. The highest BCUT2D eigenvalue weighted by molar-refractivity contribution is 5.77. The molecule has 98 valence electrons. The number of esters is 1. The van der Waals surface area contributed by atoms with Crippen molar-refractivity contribution in [2.45, 2.75) is 13.0 Å². The predicted molar refractivity (Wildman–Crippen MR) is 66.6 cm³/mol. The number of hydrogen-bond donors (Lipinski definition) is 2. The fourth-order valence-corrected chi connectivity index (χ4v) is 2.16. The van der Waals surface area contributed by atoms with Gasteiger partial charge in [-0.2, -0.15) is 0 Å². The number of fused-ring (bicyclic) bond motifs is 1. The molecule has 2 N–H and O–H groups in total. The first-order valence-corrected chi connectivity index (χ1v) is 5.94. The molecule has 0 aliphatic carbocycles. The molecule has 18 heavy (non-hydrogen) atoms. The van der Waals surface area contributed by atoms with Crippen LogP contribution < -0.4 is 10.1 Å². The molecule has 0 aromatic heterocycles. The molecular weight excluding hydrogens is 234 g/mol. The molecule has 0 fully saturated rings. The monoisotopic (exact) mass is 251 g/mol. The van der Waals surface area contributed by atoms with Crippen LogP contribution >= 0.6 is 0 Å². The SMILES string of the molecule is CCOC(=O)[C@H]1CNc2c(OC)cccc2[C@@H]1O. The number of anilines is 1. The Labute approximate surface area is 106 Å². The van der Waals surface area contributed by atoms with E-state index in [1.165, 1.54) is 0 Å². The van der Waals surface area contributed by atoms with Crippen LogP contribution in [-0.4, -0.2) is 31.3 Å². The van der Waals surface area contributed by atoms with Crippen molar-refractivity contribution in [3.63, 3.8) is 0 Å². The van der Waals surface area contributed by atoms with E-state index in [1.807, 2.05) is 6.07 Å². The van der Waals surface area contributed by atoms with Gasteiger partial charge in [0.1, 0.15) is 11.7 Å². The maximum absolute atomic E-state index is 11.7. The summed E-state index contributed by atoms with van der Waals surface area (Å²) in [6.07, 6.45) is -0.865. The fraction of sp³-hybridized carbons (Fsp3) is 0.462. The molecule has 1 aromatic carbocycles. The van der Waals surface area contributed by atoms with Gasteiger partial charge < -0.3 is 19.9 Å². The standard InChI is InChI=1S/C13H17NO4/c1-3-18-13(16)9-7-14-11-8(12(9)15)5-4-6-10(11)17-2/h4-6,9,12,14-15H,3,7H2,1-2H3/t9-,12-/m0/s1. The number of methoxy groups -OCH3 is 1. The highest BCUT2D eigenvalue weighted by atomic mass is 16.5. The van der Waals surface area contributed by atoms with Gasteiger partial charge in [-0.1, -0.05) is 12.1 Å². The largest absolute Gasteiger partial charge is 0.495 e. The summed E-state index contributed by atoms with van der Waals surface area (Å²) in [5.41, 5.74) is 1.41. The van der Waals surface area contributed by atoms with E-state index in [0.29, 0.717) is 24.5 Å². The first-order valence-electron chi connectivity index (χ1n) is 5.94. The summed E-state index contributed by atoms with van der Waals surface area (Å²) in [5, 5.41) is 13.4. The van der Waals surface area contributed by atoms with E-state index in [4.69, 9.17) is 9.47 Å². The summed E-state index contributed by atoms with van der Waals surface area (Å²) in [6.45, 7) is 2.40. The van der Waals surface area contributed by atoms with Crippen molar-refractivity contribution >= 4 is 11.7 Å². The van der Waals surface area contributed by atoms with Crippen LogP contribution in [0, 0.1) is 5.92 Å². The quantitative estimate of drug-likeness (QED) is 0.793. The zero-order valence-corrected chi connectivity index (χ0v) is 10.5. The summed E-state index contributed by atoms with van der Waals surface area (Å²) in [6, 6.07) is 5.38. The third kappa shape index (κ3) is 2.13. The highest BCUT2D eigenvalue weighted by Crippen LogP contribution is 2.39. The van der Waals surface area contributed by atoms with Gasteiger partial charge in [0.25, 0.3) is 0 Å². The molecule has 1 aromatic rings. The average Bonchev–Trinajstić information content (AvgIpc) is 2.39. The third-order valence-electron chi connectivity index (χ3n) is 3.07. The van der Waals surface area contributed by atoms with E-state index in [9.17, 15) is 9.90 Å². The Morgan fingerprint density at radius 2 is 2.33 bits per heavy atom. The lowest BCUT2D eigenvalue weighted by Crippen LogP contribution is -2.35. The Morgan fingerprint density at radius 1 is 1.56 bits per heavy atom. The second kappa shape index (κ2) is 5.27. The number of carbonyl (C=O) groups excluding carboxylic acids is 1. The van der Waals surface area contributed by atoms with Crippen molar-refractivity contribution in [2.24, 2.45) is 5.92 Å². The molecule has 5 heteroatoms. The first kappa shape index (κ1) is 12.7. The van der Waals surface area contributed by atoms with Gasteiger partial charge >= 0.3 is 5.97 Å². The van der Waals surface area contributed by atoms with Crippen LogP contribution in [0.1, 0.15) is 18.6 Å². The molecule has 2 atom stereocenters. The van der Waals surface area contributed by atoms with Gasteiger partial charge in [-0.05, 0) is 13.0 Å². The molecule has 5 nitrogen and oxygen atoms in total. The van der Waals surface area contributed by atoms with Crippen LogP contribution in [0.5, 0.6) is 5.75 Å². The summed E-state index contributed by atoms with van der Waals surface area (Å²) in [5.74, 6) is -0.301. The van der Waals surface area contributed by atoms with Crippen LogP contribution in [0.15, 0.2) is 18.2 Å². The number of ether oxygens (including phenoxy) is 2. The Morgan fingerprint density at radius 3 is 3.00 bits per heavy atom. The molecule has 0 radical (unpaired) electrons. The number of rotatable bonds is 3. The molecular formula is C13H17NO4. The normalized spacial score (nSPS) is 21.7. The highest BCUT2D eigenvalue weighted by Gasteiger charge is 2.35. The van der Waals surface area contributed by atoms with Gasteiger partial charge in [-0.3, -0.25) is 4.79 Å². The lowest BCUT2D eigenvalue weighted by molar-refractivity contribution is -0.151. The fourth-order valence-electron chi connectivity index (χ4n) is 2.16. The van der Waals surface area contributed by atoms with Crippen molar-refractivity contribution < 1.29 is 19.4 Å². The van der Waals surface area contributed by atoms with E-state index in [-0.39, 0.29) is 5.97 Å². The second-order valence-corrected chi connectivity index (χ2v) is 4.11. The average molecular weight is 251 g/mol. The van der Waals surface area contributed by atoms with Gasteiger partial charge in [-0.15, -0.1) is 0 Å². The van der Waals surface area contributed by atoms with Crippen LogP contribution in [0.25, 0.3) is 0 Å². The lowest BCUT2D eigenvalue weighted by atomic mass is 9.90. The Bertz CT molecular complexity index is 447. The molecule has 1 heterocycles. The molecule has 0 saturated carbocycles. The van der Waals surface area contributed by atoms with Crippen LogP contribution in [0.3, 0.4) is 0 Å². The van der Waals surface area contributed by atoms with Crippen molar-refractivity contribution in [2.75, 3.05) is 25.6 Å². The topological polar surface area (TPSA) is 67.8 Å². The molecule has 1 aliphatic heterocycles. The molecule has 0 amide bonds. The van der Waals surface area contributed by atoms with Crippen molar-refractivity contribution in [1.82, 2.24) is 0 Å². The minimum Gasteiger partial charge on any atom is -0.495 e. The van der Waals surface area contributed by atoms with Crippen LogP contribution in [0.2, 0.25) is 0 Å². The maximum atomic E-state index is 11.7. The van der Waals surface area contributed by atoms with Crippen molar-refractivity contribution in [3.8, 4) is 5.75 Å². The lowest BCUT2D eigenvalue weighted by Gasteiger charge is -2.30. The number of benzene rings is 1. The molecule has 0 unspecified atom stereocenters. The zero-order chi connectivity index (χ0) is 13.1. The van der Waals surface area contributed by atoms with E-state index < -0.39 is 12.0 Å². The summed E-state index contributed by atoms with van der Waals surface area (Å²) in [4.78, 5) is 11.7. The minimum atomic E-state index is -0.865. The number of carbonyl (C=O) groups is 1. The third-order valence-corrected chi connectivity index (χ3v) is 3.07. The van der Waals surface area contributed by atoms with Gasteiger partial charge in [0, 0.05) is 12.1 Å². The predicted octanol–water partition coefficient (Wildman–Crippen LogP) is 1.33.